The highest BCUT2D eigenvalue weighted by molar-refractivity contribution is 6.33. The maximum Gasteiger partial charge on any atom is 0.405 e. The molecule has 0 bridgehead atoms. The van der Waals surface area contributed by atoms with Gasteiger partial charge in [-0.25, -0.2) is 0 Å². The molecule has 0 amide bonds. The van der Waals surface area contributed by atoms with Crippen LogP contribution in [-0.4, -0.2) is 18.8 Å². The Kier molecular flexibility index (Phi) is 3.73. The lowest BCUT2D eigenvalue weighted by atomic mass is 10.2. The van der Waals surface area contributed by atoms with Gasteiger partial charge >= 0.3 is 6.18 Å². The summed E-state index contributed by atoms with van der Waals surface area (Å²) in [5.41, 5.74) is 6.72. The standard InChI is InChI=1S/C12H14ClF3N2/c13-10-5-8(6-17)1-4-11(10)18(9-2-3-9)7-12(14,15)16/h1,4-5,9H,2-3,6-7,17H2. The van der Waals surface area contributed by atoms with Gasteiger partial charge < -0.3 is 10.6 Å². The molecule has 2 N–H and O–H groups in total. The fourth-order valence-electron chi connectivity index (χ4n) is 1.90. The number of rotatable bonds is 4. The Labute approximate surface area is 109 Å². The maximum atomic E-state index is 12.6. The van der Waals surface area contributed by atoms with Crippen molar-refractivity contribution in [2.45, 2.75) is 31.6 Å². The van der Waals surface area contributed by atoms with E-state index in [0.29, 0.717) is 17.3 Å². The molecule has 2 rings (SSSR count). The van der Waals surface area contributed by atoms with Crippen LogP contribution in [0.1, 0.15) is 18.4 Å². The fraction of sp³-hybridized carbons (Fsp3) is 0.500. The van der Waals surface area contributed by atoms with Crippen LogP contribution in [-0.2, 0) is 6.54 Å². The van der Waals surface area contributed by atoms with Crippen LogP contribution in [0.5, 0.6) is 0 Å². The van der Waals surface area contributed by atoms with E-state index >= 15 is 0 Å². The molecule has 0 spiro atoms. The summed E-state index contributed by atoms with van der Waals surface area (Å²) in [6.45, 7) is -0.637. The van der Waals surface area contributed by atoms with Gasteiger partial charge in [0.2, 0.25) is 0 Å². The quantitative estimate of drug-likeness (QED) is 0.915. The van der Waals surface area contributed by atoms with Gasteiger partial charge in [0.1, 0.15) is 6.54 Å². The average molecular weight is 279 g/mol. The summed E-state index contributed by atoms with van der Waals surface area (Å²) in [6.07, 6.45) is -2.66. The monoisotopic (exact) mass is 278 g/mol. The van der Waals surface area contributed by atoms with Crippen molar-refractivity contribution in [2.24, 2.45) is 5.73 Å². The van der Waals surface area contributed by atoms with Crippen LogP contribution in [0.15, 0.2) is 18.2 Å². The average Bonchev–Trinajstić information content (AvgIpc) is 3.08. The third kappa shape index (κ3) is 3.29. The van der Waals surface area contributed by atoms with Gasteiger partial charge in [-0.3, -0.25) is 0 Å². The molecule has 0 aromatic heterocycles. The predicted octanol–water partition coefficient (Wildman–Crippen LogP) is 3.33. The number of nitrogens with zero attached hydrogens (tertiary/aromatic N) is 1. The first-order chi connectivity index (χ1) is 8.40. The highest BCUT2D eigenvalue weighted by Gasteiger charge is 2.38. The summed E-state index contributed by atoms with van der Waals surface area (Å²) in [7, 11) is 0. The summed E-state index contributed by atoms with van der Waals surface area (Å²) in [4.78, 5) is 1.34. The first kappa shape index (κ1) is 13.5. The van der Waals surface area contributed by atoms with Crippen molar-refractivity contribution in [3.05, 3.63) is 28.8 Å². The second kappa shape index (κ2) is 4.97. The van der Waals surface area contributed by atoms with Crippen LogP contribution in [0.25, 0.3) is 0 Å². The number of alkyl halides is 3. The lowest BCUT2D eigenvalue weighted by molar-refractivity contribution is -0.119. The SMILES string of the molecule is NCc1ccc(N(CC(F)(F)F)C2CC2)c(Cl)c1. The number of anilines is 1. The Morgan fingerprint density at radius 2 is 2.00 bits per heavy atom. The van der Waals surface area contributed by atoms with Crippen molar-refractivity contribution in [2.75, 3.05) is 11.4 Å². The summed E-state index contributed by atoms with van der Waals surface area (Å²) < 4.78 is 37.7. The molecule has 0 unspecified atom stereocenters. The van der Waals surface area contributed by atoms with Gasteiger partial charge in [0, 0.05) is 12.6 Å². The number of nitrogens with two attached hydrogens (primary N) is 1. The molecule has 0 saturated heterocycles. The van der Waals surface area contributed by atoms with E-state index in [4.69, 9.17) is 17.3 Å². The van der Waals surface area contributed by atoms with Crippen molar-refractivity contribution in [3.8, 4) is 0 Å². The molecule has 1 aliphatic carbocycles. The molecule has 0 radical (unpaired) electrons. The van der Waals surface area contributed by atoms with E-state index in [-0.39, 0.29) is 6.04 Å². The van der Waals surface area contributed by atoms with Crippen molar-refractivity contribution in [3.63, 3.8) is 0 Å². The van der Waals surface area contributed by atoms with Crippen molar-refractivity contribution in [1.29, 1.82) is 0 Å². The molecule has 18 heavy (non-hydrogen) atoms. The molecule has 100 valence electrons. The Bertz CT molecular complexity index is 430. The fourth-order valence-corrected chi connectivity index (χ4v) is 2.21. The molecule has 1 aromatic carbocycles. The number of benzene rings is 1. The maximum absolute atomic E-state index is 12.6. The summed E-state index contributed by atoms with van der Waals surface area (Å²) in [6, 6.07) is 4.91. The van der Waals surface area contributed by atoms with E-state index in [0.717, 1.165) is 18.4 Å². The molecule has 6 heteroatoms. The molecular weight excluding hydrogens is 265 g/mol. The van der Waals surface area contributed by atoms with Crippen LogP contribution in [0.2, 0.25) is 5.02 Å². The molecular formula is C12H14ClF3N2. The smallest absolute Gasteiger partial charge is 0.358 e. The molecule has 0 aliphatic heterocycles. The highest BCUT2D eigenvalue weighted by atomic mass is 35.5. The Hall–Kier alpha value is -0.940. The van der Waals surface area contributed by atoms with Gasteiger partial charge in [0.05, 0.1) is 10.7 Å². The van der Waals surface area contributed by atoms with Gasteiger partial charge in [0.15, 0.2) is 0 Å². The van der Waals surface area contributed by atoms with Crippen LogP contribution in [0, 0.1) is 0 Å². The van der Waals surface area contributed by atoms with Crippen LogP contribution < -0.4 is 10.6 Å². The number of halogens is 4. The van der Waals surface area contributed by atoms with E-state index in [2.05, 4.69) is 0 Å². The predicted molar refractivity (Wildman–Crippen MR) is 65.8 cm³/mol. The van der Waals surface area contributed by atoms with Crippen molar-refractivity contribution >= 4 is 17.3 Å². The lowest BCUT2D eigenvalue weighted by Crippen LogP contribution is -2.36. The van der Waals surface area contributed by atoms with Gasteiger partial charge in [-0.15, -0.1) is 0 Å². The van der Waals surface area contributed by atoms with Crippen LogP contribution >= 0.6 is 11.6 Å². The van der Waals surface area contributed by atoms with Crippen molar-refractivity contribution in [1.82, 2.24) is 0 Å². The summed E-state index contributed by atoms with van der Waals surface area (Å²) in [5.74, 6) is 0. The number of hydrogen-bond donors (Lipinski definition) is 1. The van der Waals surface area contributed by atoms with E-state index in [1.165, 1.54) is 4.90 Å². The first-order valence-electron chi connectivity index (χ1n) is 5.72. The van der Waals surface area contributed by atoms with Crippen LogP contribution in [0.3, 0.4) is 0 Å². The summed E-state index contributed by atoms with van der Waals surface area (Å²) >= 11 is 6.04. The minimum atomic E-state index is -4.22. The Morgan fingerprint density at radius 3 is 2.44 bits per heavy atom. The second-order valence-corrected chi connectivity index (χ2v) is 4.87. The molecule has 2 nitrogen and oxygen atoms in total. The first-order valence-corrected chi connectivity index (χ1v) is 6.10. The molecule has 0 heterocycles. The zero-order valence-corrected chi connectivity index (χ0v) is 10.4. The largest absolute Gasteiger partial charge is 0.405 e. The van der Waals surface area contributed by atoms with Gasteiger partial charge in [-0.2, -0.15) is 13.2 Å². The second-order valence-electron chi connectivity index (χ2n) is 4.46. The lowest BCUT2D eigenvalue weighted by Gasteiger charge is -2.27. The molecule has 1 fully saturated rings. The van der Waals surface area contributed by atoms with Crippen LogP contribution in [0.4, 0.5) is 18.9 Å². The van der Waals surface area contributed by atoms with E-state index in [1.54, 1.807) is 18.2 Å². The Balaban J connectivity index is 2.25. The molecule has 1 aromatic rings. The normalized spacial score (nSPS) is 15.8. The highest BCUT2D eigenvalue weighted by Crippen LogP contribution is 2.38. The molecule has 1 aliphatic rings. The zero-order valence-electron chi connectivity index (χ0n) is 9.67. The van der Waals surface area contributed by atoms with Gasteiger partial charge in [0.25, 0.3) is 0 Å². The summed E-state index contributed by atoms with van der Waals surface area (Å²) in [5, 5.41) is 0.328. The van der Waals surface area contributed by atoms with Gasteiger partial charge in [-0.05, 0) is 30.5 Å². The minimum Gasteiger partial charge on any atom is -0.358 e. The minimum absolute atomic E-state index is 0.0483. The third-order valence-electron chi connectivity index (χ3n) is 2.89. The van der Waals surface area contributed by atoms with Gasteiger partial charge in [-0.1, -0.05) is 17.7 Å². The molecule has 0 atom stereocenters. The van der Waals surface area contributed by atoms with E-state index < -0.39 is 12.7 Å². The van der Waals surface area contributed by atoms with Crippen molar-refractivity contribution < 1.29 is 13.2 Å². The Morgan fingerprint density at radius 1 is 1.33 bits per heavy atom. The zero-order chi connectivity index (χ0) is 13.3. The van der Waals surface area contributed by atoms with E-state index in [9.17, 15) is 13.2 Å². The topological polar surface area (TPSA) is 29.3 Å². The third-order valence-corrected chi connectivity index (χ3v) is 3.20. The van der Waals surface area contributed by atoms with E-state index in [1.807, 2.05) is 0 Å². The number of hydrogen-bond acceptors (Lipinski definition) is 2. The molecule has 1 saturated carbocycles.